The molecule has 2 aromatic heterocycles. The fourth-order valence-corrected chi connectivity index (χ4v) is 4.52. The number of likely N-dealkylation sites (N-methyl/N-ethyl adjacent to an activating group) is 1. The topological polar surface area (TPSA) is 33.7 Å². The highest BCUT2D eigenvalue weighted by Gasteiger charge is 2.47. The second kappa shape index (κ2) is 6.68. The molecule has 27 heavy (non-hydrogen) atoms. The first-order valence-electron chi connectivity index (χ1n) is 9.81. The Morgan fingerprint density at radius 3 is 2.63 bits per heavy atom. The van der Waals surface area contributed by atoms with Crippen molar-refractivity contribution in [3.8, 4) is 11.3 Å². The van der Waals surface area contributed by atoms with Crippen molar-refractivity contribution in [1.29, 1.82) is 0 Å². The van der Waals surface area contributed by atoms with Crippen LogP contribution in [0.1, 0.15) is 48.8 Å². The van der Waals surface area contributed by atoms with E-state index in [1.54, 1.807) is 0 Å². The summed E-state index contributed by atoms with van der Waals surface area (Å²) in [4.78, 5) is 2.52. The molecular formula is C22H28ClN3O. The van der Waals surface area contributed by atoms with Gasteiger partial charge >= 0.3 is 0 Å². The van der Waals surface area contributed by atoms with E-state index in [1.165, 1.54) is 24.8 Å². The van der Waals surface area contributed by atoms with Crippen molar-refractivity contribution in [1.82, 2.24) is 14.5 Å². The summed E-state index contributed by atoms with van der Waals surface area (Å²) in [7, 11) is 2.25. The van der Waals surface area contributed by atoms with E-state index in [2.05, 4.69) is 37.9 Å². The van der Waals surface area contributed by atoms with Crippen molar-refractivity contribution in [2.75, 3.05) is 13.6 Å². The van der Waals surface area contributed by atoms with Crippen LogP contribution in [0.2, 0.25) is 5.02 Å². The fourth-order valence-electron chi connectivity index (χ4n) is 4.20. The summed E-state index contributed by atoms with van der Waals surface area (Å²) in [5.41, 5.74) is 6.49. The lowest BCUT2D eigenvalue weighted by Crippen LogP contribution is -2.36. The molecule has 4 rings (SSSR count). The van der Waals surface area contributed by atoms with Crippen molar-refractivity contribution < 1.29 is 4.42 Å². The lowest BCUT2D eigenvalue weighted by molar-refractivity contribution is 0.220. The summed E-state index contributed by atoms with van der Waals surface area (Å²) < 4.78 is 8.18. The molecule has 144 valence electrons. The van der Waals surface area contributed by atoms with Crippen LogP contribution in [0.4, 0.5) is 0 Å². The van der Waals surface area contributed by atoms with Gasteiger partial charge in [0.2, 0.25) is 5.71 Å². The highest BCUT2D eigenvalue weighted by atomic mass is 35.5. The number of fused-ring (bicyclic) bond motifs is 1. The van der Waals surface area contributed by atoms with Crippen LogP contribution in [-0.2, 0) is 6.42 Å². The van der Waals surface area contributed by atoms with Gasteiger partial charge in [0.25, 0.3) is 0 Å². The minimum Gasteiger partial charge on any atom is -0.441 e. The van der Waals surface area contributed by atoms with Gasteiger partial charge in [-0.1, -0.05) is 30.7 Å². The highest BCUT2D eigenvalue weighted by Crippen LogP contribution is 2.45. The van der Waals surface area contributed by atoms with Crippen molar-refractivity contribution in [2.24, 2.45) is 0 Å². The maximum atomic E-state index is 6.54. The average molecular weight is 386 g/mol. The molecule has 0 unspecified atom stereocenters. The van der Waals surface area contributed by atoms with Crippen LogP contribution in [-0.4, -0.2) is 33.6 Å². The van der Waals surface area contributed by atoms with Gasteiger partial charge in [-0.05, 0) is 71.7 Å². The lowest BCUT2D eigenvalue weighted by atomic mass is 10.0. The number of oxazole rings is 1. The van der Waals surface area contributed by atoms with E-state index >= 15 is 0 Å². The Labute approximate surface area is 166 Å². The van der Waals surface area contributed by atoms with Gasteiger partial charge in [0.05, 0.1) is 10.7 Å². The van der Waals surface area contributed by atoms with Gasteiger partial charge in [0.1, 0.15) is 11.5 Å². The van der Waals surface area contributed by atoms with Gasteiger partial charge in [0, 0.05) is 16.7 Å². The second-order valence-electron chi connectivity index (χ2n) is 8.09. The lowest BCUT2D eigenvalue weighted by Gasteiger charge is -2.27. The summed E-state index contributed by atoms with van der Waals surface area (Å²) in [5.74, 6) is 0.858. The van der Waals surface area contributed by atoms with Crippen molar-refractivity contribution in [3.05, 3.63) is 45.8 Å². The predicted molar refractivity (Wildman–Crippen MR) is 111 cm³/mol. The molecule has 1 aliphatic rings. The van der Waals surface area contributed by atoms with E-state index in [0.717, 1.165) is 52.0 Å². The summed E-state index contributed by atoms with van der Waals surface area (Å²) in [6, 6.07) is 6.13. The Morgan fingerprint density at radius 2 is 2.00 bits per heavy atom. The third-order valence-corrected chi connectivity index (χ3v) is 6.33. The molecule has 0 N–H and O–H groups in total. The molecule has 1 aromatic carbocycles. The third-order valence-electron chi connectivity index (χ3n) is 6.01. The monoisotopic (exact) mass is 385 g/mol. The van der Waals surface area contributed by atoms with Gasteiger partial charge in [-0.2, -0.15) is 9.61 Å². The molecule has 1 aliphatic carbocycles. The van der Waals surface area contributed by atoms with Crippen LogP contribution in [0.5, 0.6) is 0 Å². The summed E-state index contributed by atoms with van der Waals surface area (Å²) in [5, 5.41) is 5.57. The second-order valence-corrected chi connectivity index (χ2v) is 8.50. The SMILES string of the molecule is CCCN(C)C1(Cc2c(C)nn3c(-c4ccc(C)cc4Cl)c(C)oc23)CC1. The molecule has 0 bridgehead atoms. The zero-order valence-electron chi connectivity index (χ0n) is 16.9. The summed E-state index contributed by atoms with van der Waals surface area (Å²) in [6.07, 6.45) is 4.66. The van der Waals surface area contributed by atoms with Gasteiger partial charge in [-0.25, -0.2) is 0 Å². The first-order valence-corrected chi connectivity index (χ1v) is 10.2. The number of hydrogen-bond donors (Lipinski definition) is 0. The van der Waals surface area contributed by atoms with E-state index in [1.807, 2.05) is 24.4 Å². The molecule has 0 atom stereocenters. The first-order chi connectivity index (χ1) is 12.9. The Balaban J connectivity index is 1.78. The van der Waals surface area contributed by atoms with Crippen LogP contribution in [0.15, 0.2) is 22.6 Å². The zero-order chi connectivity index (χ0) is 19.3. The Morgan fingerprint density at radius 1 is 1.26 bits per heavy atom. The molecule has 2 heterocycles. The average Bonchev–Trinajstić information content (AvgIpc) is 3.26. The molecule has 0 radical (unpaired) electrons. The number of rotatable bonds is 6. The maximum absolute atomic E-state index is 6.54. The third kappa shape index (κ3) is 3.09. The molecule has 0 amide bonds. The molecule has 1 saturated carbocycles. The minimum atomic E-state index is 0.270. The number of benzene rings is 1. The number of hydrogen-bond acceptors (Lipinski definition) is 3. The van der Waals surface area contributed by atoms with E-state index in [-0.39, 0.29) is 5.54 Å². The van der Waals surface area contributed by atoms with Crippen molar-refractivity contribution in [2.45, 2.75) is 58.9 Å². The van der Waals surface area contributed by atoms with Crippen LogP contribution in [0.3, 0.4) is 0 Å². The van der Waals surface area contributed by atoms with Crippen LogP contribution >= 0.6 is 11.6 Å². The molecule has 3 aromatic rings. The molecule has 1 fully saturated rings. The normalized spacial score (nSPS) is 15.8. The largest absolute Gasteiger partial charge is 0.441 e. The van der Waals surface area contributed by atoms with Gasteiger partial charge in [0.15, 0.2) is 0 Å². The van der Waals surface area contributed by atoms with Crippen molar-refractivity contribution >= 4 is 17.3 Å². The predicted octanol–water partition coefficient (Wildman–Crippen LogP) is 5.59. The summed E-state index contributed by atoms with van der Waals surface area (Å²) in [6.45, 7) is 9.50. The molecule has 0 spiro atoms. The van der Waals surface area contributed by atoms with Crippen LogP contribution < -0.4 is 0 Å². The number of aromatic nitrogens is 2. The number of halogens is 1. The minimum absolute atomic E-state index is 0.270. The quantitative estimate of drug-likeness (QED) is 0.554. The number of aryl methyl sites for hydroxylation is 3. The smallest absolute Gasteiger partial charge is 0.225 e. The van der Waals surface area contributed by atoms with Gasteiger partial charge in [-0.3, -0.25) is 0 Å². The standard InChI is InChI=1S/C22H28ClN3O/c1-6-11-25(5)22(9-10-22)13-18-15(3)24-26-20(16(4)27-21(18)26)17-8-7-14(2)12-19(17)23/h7-8,12H,6,9-11,13H2,1-5H3. The van der Waals surface area contributed by atoms with E-state index < -0.39 is 0 Å². The van der Waals surface area contributed by atoms with Crippen LogP contribution in [0, 0.1) is 20.8 Å². The molecule has 5 heteroatoms. The molecule has 4 nitrogen and oxygen atoms in total. The van der Waals surface area contributed by atoms with Gasteiger partial charge in [-0.15, -0.1) is 0 Å². The fraction of sp³-hybridized carbons (Fsp3) is 0.500. The van der Waals surface area contributed by atoms with Crippen molar-refractivity contribution in [3.63, 3.8) is 0 Å². The molecular weight excluding hydrogens is 358 g/mol. The Hall–Kier alpha value is -1.78. The Bertz CT molecular complexity index is 997. The van der Waals surface area contributed by atoms with Crippen LogP contribution in [0.25, 0.3) is 17.0 Å². The Kier molecular flexibility index (Phi) is 4.59. The molecule has 0 saturated heterocycles. The van der Waals surface area contributed by atoms with Gasteiger partial charge < -0.3 is 9.32 Å². The maximum Gasteiger partial charge on any atom is 0.225 e. The highest BCUT2D eigenvalue weighted by molar-refractivity contribution is 6.33. The zero-order valence-corrected chi connectivity index (χ0v) is 17.7. The van der Waals surface area contributed by atoms with E-state index in [0.29, 0.717) is 0 Å². The van der Waals surface area contributed by atoms with E-state index in [4.69, 9.17) is 21.1 Å². The number of nitrogens with zero attached hydrogens (tertiary/aromatic N) is 3. The summed E-state index contributed by atoms with van der Waals surface area (Å²) >= 11 is 6.54. The van der Waals surface area contributed by atoms with E-state index in [9.17, 15) is 0 Å². The first kappa shape index (κ1) is 18.6. The molecule has 0 aliphatic heterocycles.